The Morgan fingerprint density at radius 1 is 0.939 bits per heavy atom. The van der Waals surface area contributed by atoms with E-state index in [1.807, 2.05) is 59.5 Å². The molecule has 5 aromatic rings. The molecular weight excluding hydrogens is 642 g/mol. The Kier molecular flexibility index (Phi) is 9.66. The summed E-state index contributed by atoms with van der Waals surface area (Å²) in [6.45, 7) is 1.16. The van der Waals surface area contributed by atoms with Gasteiger partial charge >= 0.3 is 5.97 Å². The molecule has 7 rings (SSSR count). The molecule has 2 saturated heterocycles. The van der Waals surface area contributed by atoms with E-state index in [0.29, 0.717) is 61.3 Å². The number of hydrogen-bond donors (Lipinski definition) is 0. The van der Waals surface area contributed by atoms with Gasteiger partial charge in [0.2, 0.25) is 5.91 Å². The van der Waals surface area contributed by atoms with Crippen LogP contribution in [0.2, 0.25) is 0 Å². The fourth-order valence-electron chi connectivity index (χ4n) is 6.97. The molecular formula is C39H38FN3O5S. The minimum absolute atomic E-state index is 0.109. The molecule has 2 aliphatic rings. The molecule has 0 bridgehead atoms. The van der Waals surface area contributed by atoms with Crippen LogP contribution < -0.4 is 5.56 Å². The van der Waals surface area contributed by atoms with Crippen LogP contribution in [-0.4, -0.2) is 50.8 Å². The highest BCUT2D eigenvalue weighted by Crippen LogP contribution is 2.41. The topological polar surface area (TPSA) is 94.6 Å². The number of benzene rings is 3. The largest absolute Gasteiger partial charge is 0.472 e. The van der Waals surface area contributed by atoms with Crippen molar-refractivity contribution in [2.24, 2.45) is 5.92 Å². The van der Waals surface area contributed by atoms with Crippen molar-refractivity contribution in [3.05, 3.63) is 113 Å². The summed E-state index contributed by atoms with van der Waals surface area (Å²) in [6.07, 6.45) is 8.80. The number of nitrogens with zero attached hydrogens (tertiary/aromatic N) is 3. The number of thioether (sulfide) groups is 1. The summed E-state index contributed by atoms with van der Waals surface area (Å²) in [5.41, 5.74) is 3.61. The number of unbranched alkanes of at least 4 members (excludes halogenated alkanes) is 2. The zero-order valence-electron chi connectivity index (χ0n) is 27.2. The number of hydrogen-bond acceptors (Lipinski definition) is 7. The Balaban J connectivity index is 0.903. The number of rotatable bonds is 11. The summed E-state index contributed by atoms with van der Waals surface area (Å²) in [5.74, 6) is 0.173. The first-order valence-corrected chi connectivity index (χ1v) is 17.9. The Bertz CT molecular complexity index is 2000. The predicted octanol–water partition coefficient (Wildman–Crippen LogP) is 7.60. The average molecular weight is 680 g/mol. The van der Waals surface area contributed by atoms with Gasteiger partial charge in [-0.2, -0.15) is 0 Å². The lowest BCUT2D eigenvalue weighted by Gasteiger charge is -2.38. The van der Waals surface area contributed by atoms with Gasteiger partial charge < -0.3 is 14.1 Å². The van der Waals surface area contributed by atoms with Gasteiger partial charge in [0.25, 0.3) is 5.56 Å². The average Bonchev–Trinajstić information content (AvgIpc) is 3.76. The molecule has 49 heavy (non-hydrogen) atoms. The monoisotopic (exact) mass is 679 g/mol. The highest BCUT2D eigenvalue weighted by Gasteiger charge is 2.48. The van der Waals surface area contributed by atoms with Crippen molar-refractivity contribution in [3.63, 3.8) is 0 Å². The van der Waals surface area contributed by atoms with Gasteiger partial charge in [0.05, 0.1) is 35.0 Å². The summed E-state index contributed by atoms with van der Waals surface area (Å²) in [7, 11) is 0. The number of aromatic nitrogens is 2. The van der Waals surface area contributed by atoms with Crippen LogP contribution in [0.15, 0.2) is 106 Å². The van der Waals surface area contributed by atoms with E-state index in [0.717, 1.165) is 47.4 Å². The quantitative estimate of drug-likeness (QED) is 0.0614. The predicted molar refractivity (Wildman–Crippen MR) is 187 cm³/mol. The second-order valence-corrected chi connectivity index (χ2v) is 14.1. The van der Waals surface area contributed by atoms with Crippen LogP contribution in [-0.2, 0) is 20.7 Å². The number of likely N-dealkylation sites (tertiary alicyclic amines) is 1. The summed E-state index contributed by atoms with van der Waals surface area (Å²) in [6, 6.07) is 23.4. The third-order valence-corrected chi connectivity index (χ3v) is 10.7. The lowest BCUT2D eigenvalue weighted by Crippen LogP contribution is -2.46. The van der Waals surface area contributed by atoms with Crippen molar-refractivity contribution in [1.82, 2.24) is 14.5 Å². The summed E-state index contributed by atoms with van der Waals surface area (Å²) >= 11 is 1.55. The van der Waals surface area contributed by atoms with Gasteiger partial charge in [0.1, 0.15) is 11.4 Å². The molecule has 2 aliphatic heterocycles. The Hall–Kier alpha value is -4.70. The van der Waals surface area contributed by atoms with Crippen LogP contribution >= 0.6 is 11.8 Å². The fraction of sp³-hybridized carbons (Fsp3) is 0.333. The maximum atomic E-state index is 13.7. The van der Waals surface area contributed by atoms with Gasteiger partial charge in [-0.3, -0.25) is 19.0 Å². The lowest BCUT2D eigenvalue weighted by atomic mass is 9.83. The number of fused-ring (bicyclic) bond motifs is 1. The minimum Gasteiger partial charge on any atom is -0.472 e. The van der Waals surface area contributed by atoms with Gasteiger partial charge in [-0.15, -0.1) is 0 Å². The molecule has 0 radical (unpaired) electrons. The highest BCUT2D eigenvalue weighted by molar-refractivity contribution is 7.99. The molecule has 1 unspecified atom stereocenters. The molecule has 10 heteroatoms. The standard InChI is InChI=1S/C39H38FN3O5S/c40-31-14-12-27(13-15-31)23-30-25-39(48-37(30)46)17-19-42(20-18-39)35(44)11-2-1-5-22-49-38-41-34-10-4-3-9-33(34)36(45)43(38)32-8-6-7-28(24-32)29-16-21-47-26-29/h3-4,6-10,12-16,21,24,26,30H,1-2,5,11,17-20,22-23,25H2. The number of furan rings is 1. The molecule has 3 aromatic carbocycles. The SMILES string of the molecule is O=C1OC2(CCN(C(=O)CCCCCSc3nc4ccccc4c(=O)n3-c3cccc(-c4ccoc4)c3)CC2)CC1Cc1ccc(F)cc1. The number of para-hydroxylation sites is 1. The normalized spacial score (nSPS) is 17.1. The summed E-state index contributed by atoms with van der Waals surface area (Å²) in [5, 5.41) is 1.21. The van der Waals surface area contributed by atoms with E-state index in [9.17, 15) is 18.8 Å². The number of ether oxygens (including phenoxy) is 1. The van der Waals surface area contributed by atoms with Crippen molar-refractivity contribution < 1.29 is 23.1 Å². The van der Waals surface area contributed by atoms with Crippen molar-refractivity contribution >= 4 is 34.5 Å². The lowest BCUT2D eigenvalue weighted by molar-refractivity contribution is -0.155. The van der Waals surface area contributed by atoms with Crippen LogP contribution in [0.5, 0.6) is 0 Å². The number of amides is 1. The zero-order chi connectivity index (χ0) is 33.8. The molecule has 0 saturated carbocycles. The first kappa shape index (κ1) is 32.8. The number of carbonyl (C=O) groups is 2. The molecule has 1 atom stereocenters. The Morgan fingerprint density at radius 2 is 1.76 bits per heavy atom. The fourth-order valence-corrected chi connectivity index (χ4v) is 7.98. The van der Waals surface area contributed by atoms with E-state index >= 15 is 0 Å². The summed E-state index contributed by atoms with van der Waals surface area (Å²) < 4.78 is 26.1. The van der Waals surface area contributed by atoms with Crippen molar-refractivity contribution in [2.45, 2.75) is 62.1 Å². The Morgan fingerprint density at radius 3 is 2.55 bits per heavy atom. The molecule has 8 nitrogen and oxygen atoms in total. The number of carbonyl (C=O) groups excluding carboxylic acids is 2. The van der Waals surface area contributed by atoms with Gasteiger partial charge in [0, 0.05) is 50.1 Å². The van der Waals surface area contributed by atoms with Crippen LogP contribution in [0, 0.1) is 11.7 Å². The van der Waals surface area contributed by atoms with Crippen molar-refractivity contribution in [2.75, 3.05) is 18.8 Å². The van der Waals surface area contributed by atoms with Gasteiger partial charge in [-0.05, 0) is 72.9 Å². The molecule has 0 N–H and O–H groups in total. The van der Waals surface area contributed by atoms with Crippen LogP contribution in [0.3, 0.4) is 0 Å². The maximum Gasteiger partial charge on any atom is 0.309 e. The van der Waals surface area contributed by atoms with Gasteiger partial charge in [-0.25, -0.2) is 9.37 Å². The molecule has 4 heterocycles. The molecule has 2 aromatic heterocycles. The van der Waals surface area contributed by atoms with E-state index in [-0.39, 0.29) is 29.2 Å². The van der Waals surface area contributed by atoms with Gasteiger partial charge in [-0.1, -0.05) is 54.6 Å². The van der Waals surface area contributed by atoms with Crippen molar-refractivity contribution in [3.8, 4) is 16.8 Å². The van der Waals surface area contributed by atoms with Crippen LogP contribution in [0.1, 0.15) is 50.5 Å². The smallest absolute Gasteiger partial charge is 0.309 e. The number of piperidine rings is 1. The second kappa shape index (κ2) is 14.4. The van der Waals surface area contributed by atoms with E-state index < -0.39 is 5.60 Å². The third kappa shape index (κ3) is 7.34. The minimum atomic E-state index is -0.506. The maximum absolute atomic E-state index is 13.7. The number of esters is 1. The Labute approximate surface area is 288 Å². The number of halogens is 1. The van der Waals surface area contributed by atoms with Crippen molar-refractivity contribution in [1.29, 1.82) is 0 Å². The second-order valence-electron chi connectivity index (χ2n) is 13.0. The molecule has 1 amide bonds. The molecule has 1 spiro atoms. The van der Waals surface area contributed by atoms with E-state index in [4.69, 9.17) is 14.1 Å². The first-order valence-electron chi connectivity index (χ1n) is 16.9. The van der Waals surface area contributed by atoms with Crippen LogP contribution in [0.25, 0.3) is 27.7 Å². The van der Waals surface area contributed by atoms with E-state index in [1.165, 1.54) is 12.1 Å². The summed E-state index contributed by atoms with van der Waals surface area (Å²) in [4.78, 5) is 46.2. The first-order chi connectivity index (χ1) is 23.9. The van der Waals surface area contributed by atoms with E-state index in [2.05, 4.69) is 0 Å². The molecule has 252 valence electrons. The third-order valence-electron chi connectivity index (χ3n) is 9.66. The van der Waals surface area contributed by atoms with Crippen LogP contribution in [0.4, 0.5) is 4.39 Å². The van der Waals surface area contributed by atoms with Gasteiger partial charge in [0.15, 0.2) is 5.16 Å². The van der Waals surface area contributed by atoms with E-state index in [1.54, 1.807) is 41.0 Å². The highest BCUT2D eigenvalue weighted by atomic mass is 32.2. The molecule has 0 aliphatic carbocycles. The zero-order valence-corrected chi connectivity index (χ0v) is 28.0. The molecule has 2 fully saturated rings.